The lowest BCUT2D eigenvalue weighted by molar-refractivity contribution is -0.121. The predicted molar refractivity (Wildman–Crippen MR) is 150 cm³/mol. The summed E-state index contributed by atoms with van der Waals surface area (Å²) in [5.41, 5.74) is 2.47. The topological polar surface area (TPSA) is 105 Å². The third-order valence-electron chi connectivity index (χ3n) is 6.40. The summed E-state index contributed by atoms with van der Waals surface area (Å²) in [6, 6.07) is 18.7. The van der Waals surface area contributed by atoms with Gasteiger partial charge in [-0.3, -0.25) is 9.59 Å². The molecule has 0 radical (unpaired) electrons. The molecule has 3 aromatic carbocycles. The van der Waals surface area contributed by atoms with Gasteiger partial charge in [-0.1, -0.05) is 26.0 Å². The highest BCUT2D eigenvalue weighted by Crippen LogP contribution is 2.35. The summed E-state index contributed by atoms with van der Waals surface area (Å²) in [6.45, 7) is 7.10. The summed E-state index contributed by atoms with van der Waals surface area (Å²) in [7, 11) is -3.61. The van der Waals surface area contributed by atoms with Crippen molar-refractivity contribution in [2.45, 2.75) is 32.1 Å². The van der Waals surface area contributed by atoms with E-state index in [1.807, 2.05) is 31.2 Å². The van der Waals surface area contributed by atoms with E-state index in [1.165, 1.54) is 28.6 Å². The van der Waals surface area contributed by atoms with E-state index < -0.39 is 15.9 Å². The Morgan fingerprint density at radius 1 is 1.05 bits per heavy atom. The molecule has 0 saturated carbocycles. The third-order valence-corrected chi connectivity index (χ3v) is 8.47. The Bertz CT molecular complexity index is 1440. The van der Waals surface area contributed by atoms with Crippen molar-refractivity contribution in [2.75, 3.05) is 43.1 Å². The van der Waals surface area contributed by atoms with Gasteiger partial charge in [0.1, 0.15) is 11.5 Å². The SMILES string of the molecule is CCN(CC)S(=O)(=O)c1ccc(C(=O)Nc2ccc3c(c2)N(CCCOc2cccc(C)c2)C(=O)CO3)cc1. The maximum absolute atomic E-state index is 12.9. The first-order valence-electron chi connectivity index (χ1n) is 12.9. The minimum absolute atomic E-state index is 0.0554. The van der Waals surface area contributed by atoms with Crippen LogP contribution in [-0.2, 0) is 14.8 Å². The van der Waals surface area contributed by atoms with Crippen molar-refractivity contribution >= 4 is 33.2 Å². The van der Waals surface area contributed by atoms with Gasteiger partial charge in [-0.15, -0.1) is 0 Å². The lowest BCUT2D eigenvalue weighted by atomic mass is 10.1. The number of hydrogen-bond acceptors (Lipinski definition) is 6. The fourth-order valence-electron chi connectivity index (χ4n) is 4.34. The maximum atomic E-state index is 12.9. The third kappa shape index (κ3) is 6.58. The summed E-state index contributed by atoms with van der Waals surface area (Å²) < 4.78 is 38.2. The second-order valence-corrected chi connectivity index (χ2v) is 11.0. The number of hydrogen-bond donors (Lipinski definition) is 1. The van der Waals surface area contributed by atoms with Crippen molar-refractivity contribution in [2.24, 2.45) is 0 Å². The summed E-state index contributed by atoms with van der Waals surface area (Å²) in [5.74, 6) is 0.764. The summed E-state index contributed by atoms with van der Waals surface area (Å²) in [5, 5.41) is 2.82. The molecule has 4 rings (SSSR count). The molecule has 206 valence electrons. The second-order valence-electron chi connectivity index (χ2n) is 9.10. The van der Waals surface area contributed by atoms with Crippen LogP contribution in [0.15, 0.2) is 71.6 Å². The second kappa shape index (κ2) is 12.3. The predicted octanol–water partition coefficient (Wildman–Crippen LogP) is 4.47. The monoisotopic (exact) mass is 551 g/mol. The van der Waals surface area contributed by atoms with Gasteiger partial charge in [0, 0.05) is 30.9 Å². The van der Waals surface area contributed by atoms with E-state index in [9.17, 15) is 18.0 Å². The van der Waals surface area contributed by atoms with Gasteiger partial charge < -0.3 is 19.7 Å². The number of carbonyl (C=O) groups excluding carboxylic acids is 2. The molecule has 0 atom stereocenters. The normalized spacial score (nSPS) is 13.1. The molecule has 0 aromatic heterocycles. The van der Waals surface area contributed by atoms with Crippen LogP contribution < -0.4 is 19.7 Å². The van der Waals surface area contributed by atoms with Gasteiger partial charge in [-0.2, -0.15) is 4.31 Å². The smallest absolute Gasteiger partial charge is 0.265 e. The fourth-order valence-corrected chi connectivity index (χ4v) is 5.79. The Morgan fingerprint density at radius 3 is 2.49 bits per heavy atom. The van der Waals surface area contributed by atoms with E-state index in [-0.39, 0.29) is 17.4 Å². The molecule has 0 aliphatic carbocycles. The number of carbonyl (C=O) groups is 2. The van der Waals surface area contributed by atoms with Crippen LogP contribution in [0.3, 0.4) is 0 Å². The van der Waals surface area contributed by atoms with Crippen LogP contribution in [0.5, 0.6) is 11.5 Å². The Morgan fingerprint density at radius 2 is 1.79 bits per heavy atom. The van der Waals surface area contributed by atoms with Crippen LogP contribution in [0.2, 0.25) is 0 Å². The maximum Gasteiger partial charge on any atom is 0.265 e. The molecule has 0 fully saturated rings. The van der Waals surface area contributed by atoms with Crippen molar-refractivity contribution in [3.63, 3.8) is 0 Å². The number of benzene rings is 3. The number of ether oxygens (including phenoxy) is 2. The van der Waals surface area contributed by atoms with E-state index in [2.05, 4.69) is 5.32 Å². The number of aryl methyl sites for hydroxylation is 1. The largest absolute Gasteiger partial charge is 0.494 e. The minimum Gasteiger partial charge on any atom is -0.494 e. The summed E-state index contributed by atoms with van der Waals surface area (Å²) in [4.78, 5) is 27.3. The molecule has 0 bridgehead atoms. The van der Waals surface area contributed by atoms with Gasteiger partial charge in [-0.25, -0.2) is 8.42 Å². The van der Waals surface area contributed by atoms with Crippen molar-refractivity contribution in [3.8, 4) is 11.5 Å². The molecule has 0 unspecified atom stereocenters. The van der Waals surface area contributed by atoms with Crippen molar-refractivity contribution in [1.82, 2.24) is 4.31 Å². The average Bonchev–Trinajstić information content (AvgIpc) is 2.92. The van der Waals surface area contributed by atoms with E-state index in [1.54, 1.807) is 36.9 Å². The van der Waals surface area contributed by atoms with Crippen LogP contribution in [0.1, 0.15) is 36.2 Å². The zero-order valence-electron chi connectivity index (χ0n) is 22.3. The van der Waals surface area contributed by atoms with Crippen molar-refractivity contribution in [3.05, 3.63) is 77.9 Å². The molecule has 1 aliphatic heterocycles. The minimum atomic E-state index is -3.61. The Labute approximate surface area is 229 Å². The first-order chi connectivity index (χ1) is 18.7. The van der Waals surface area contributed by atoms with Crippen LogP contribution >= 0.6 is 0 Å². The first-order valence-corrected chi connectivity index (χ1v) is 14.3. The molecule has 9 nitrogen and oxygen atoms in total. The molecule has 39 heavy (non-hydrogen) atoms. The van der Waals surface area contributed by atoms with Gasteiger partial charge in [0.05, 0.1) is 17.2 Å². The molecule has 0 spiro atoms. The number of sulfonamides is 1. The standard InChI is InChI=1S/C29H33N3O6S/c1-4-31(5-2)39(35,36)25-13-10-22(11-14-25)29(34)30-23-12-15-27-26(19-23)32(28(33)20-38-27)16-7-17-37-24-9-6-8-21(3)18-24/h6,8-15,18-19H,4-5,7,16-17,20H2,1-3H3,(H,30,34). The number of rotatable bonds is 11. The fraction of sp³-hybridized carbons (Fsp3) is 0.310. The van der Waals surface area contributed by atoms with Gasteiger partial charge >= 0.3 is 0 Å². The molecule has 1 aliphatic rings. The van der Waals surface area contributed by atoms with Crippen LogP contribution in [0, 0.1) is 6.92 Å². The van der Waals surface area contributed by atoms with Crippen LogP contribution in [0.25, 0.3) is 0 Å². The van der Waals surface area contributed by atoms with E-state index in [0.717, 1.165) is 11.3 Å². The van der Waals surface area contributed by atoms with E-state index in [0.29, 0.717) is 55.3 Å². The zero-order valence-corrected chi connectivity index (χ0v) is 23.2. The highest BCUT2D eigenvalue weighted by atomic mass is 32.2. The highest BCUT2D eigenvalue weighted by Gasteiger charge is 2.26. The molecule has 10 heteroatoms. The Kier molecular flexibility index (Phi) is 8.88. The Balaban J connectivity index is 1.42. The van der Waals surface area contributed by atoms with Crippen LogP contribution in [0.4, 0.5) is 11.4 Å². The molecule has 0 saturated heterocycles. The zero-order chi connectivity index (χ0) is 28.0. The molecule has 2 amide bonds. The van der Waals surface area contributed by atoms with Crippen molar-refractivity contribution in [1.29, 1.82) is 0 Å². The van der Waals surface area contributed by atoms with E-state index >= 15 is 0 Å². The highest BCUT2D eigenvalue weighted by molar-refractivity contribution is 7.89. The molecule has 1 heterocycles. The summed E-state index contributed by atoms with van der Waals surface area (Å²) in [6.07, 6.45) is 0.610. The number of fused-ring (bicyclic) bond motifs is 1. The van der Waals surface area contributed by atoms with E-state index in [4.69, 9.17) is 9.47 Å². The number of nitrogens with one attached hydrogen (secondary N) is 1. The van der Waals surface area contributed by atoms with Crippen molar-refractivity contribution < 1.29 is 27.5 Å². The molecular weight excluding hydrogens is 518 g/mol. The molecular formula is C29H33N3O6S. The Hall–Kier alpha value is -3.89. The van der Waals surface area contributed by atoms with Gasteiger partial charge in [-0.05, 0) is 73.5 Å². The summed E-state index contributed by atoms with van der Waals surface area (Å²) >= 11 is 0. The molecule has 1 N–H and O–H groups in total. The number of nitrogens with zero attached hydrogens (tertiary/aromatic N) is 2. The van der Waals surface area contributed by atoms with Gasteiger partial charge in [0.25, 0.3) is 11.8 Å². The first kappa shape index (κ1) is 28.1. The lowest BCUT2D eigenvalue weighted by Crippen LogP contribution is -2.39. The number of anilines is 2. The molecule has 3 aromatic rings. The quantitative estimate of drug-likeness (QED) is 0.353. The lowest BCUT2D eigenvalue weighted by Gasteiger charge is -2.30. The average molecular weight is 552 g/mol. The van der Waals surface area contributed by atoms with Gasteiger partial charge in [0.2, 0.25) is 10.0 Å². The van der Waals surface area contributed by atoms with Gasteiger partial charge in [0.15, 0.2) is 6.61 Å². The van der Waals surface area contributed by atoms with Crippen LogP contribution in [-0.4, -0.2) is 57.4 Å². The number of amides is 2.